The minimum atomic E-state index is -0.487. The lowest BCUT2D eigenvalue weighted by Crippen LogP contribution is -2.28. The van der Waals surface area contributed by atoms with E-state index in [9.17, 15) is 4.79 Å². The van der Waals surface area contributed by atoms with Crippen LogP contribution in [0.4, 0.5) is 0 Å². The molecular weight excluding hydrogens is 584 g/mol. The molecule has 3 aromatic rings. The Bertz CT molecular complexity index is 1340. The van der Waals surface area contributed by atoms with E-state index in [4.69, 9.17) is 24.0 Å². The predicted molar refractivity (Wildman–Crippen MR) is 180 cm³/mol. The monoisotopic (exact) mass is 634 g/mol. The van der Waals surface area contributed by atoms with Crippen molar-refractivity contribution in [2.24, 2.45) is 11.8 Å². The summed E-state index contributed by atoms with van der Waals surface area (Å²) < 4.78 is 25.3. The summed E-state index contributed by atoms with van der Waals surface area (Å²) >= 11 is 1.84. The molecule has 1 saturated carbocycles. The molecule has 244 valence electrons. The van der Waals surface area contributed by atoms with Crippen molar-refractivity contribution >= 4 is 17.7 Å². The van der Waals surface area contributed by atoms with Crippen LogP contribution in [-0.2, 0) is 30.3 Å². The van der Waals surface area contributed by atoms with Crippen molar-refractivity contribution in [3.05, 3.63) is 60.2 Å². The highest BCUT2D eigenvalue weighted by Crippen LogP contribution is 2.41. The van der Waals surface area contributed by atoms with E-state index in [1.165, 1.54) is 28.1 Å². The summed E-state index contributed by atoms with van der Waals surface area (Å²) in [5, 5.41) is 6.52. The van der Waals surface area contributed by atoms with Crippen LogP contribution in [0.3, 0.4) is 0 Å². The molecule has 2 aliphatic rings. The summed E-state index contributed by atoms with van der Waals surface area (Å²) in [4.78, 5) is 12.0. The van der Waals surface area contributed by atoms with E-state index in [-0.39, 0.29) is 18.9 Å². The largest absolute Gasteiger partial charge is 0.458 e. The lowest BCUT2D eigenvalue weighted by molar-refractivity contribution is -0.160. The molecule has 0 N–H and O–H groups in total. The number of aromatic nitrogens is 2. The molecule has 0 spiro atoms. The molecule has 5 rings (SSSR count). The van der Waals surface area contributed by atoms with Gasteiger partial charge in [-0.25, -0.2) is 4.79 Å². The maximum Gasteiger partial charge on any atom is 0.332 e. The summed E-state index contributed by atoms with van der Waals surface area (Å²) in [6.07, 6.45) is 7.61. The van der Waals surface area contributed by atoms with E-state index < -0.39 is 5.60 Å². The summed E-state index contributed by atoms with van der Waals surface area (Å²) in [6, 6.07) is 19.4. The van der Waals surface area contributed by atoms with Gasteiger partial charge >= 0.3 is 5.97 Å². The molecule has 1 saturated heterocycles. The van der Waals surface area contributed by atoms with Gasteiger partial charge in [-0.15, -0.1) is 11.8 Å². The molecular formula is C37H50N2O5S. The number of esters is 1. The molecule has 2 fully saturated rings. The molecule has 0 bridgehead atoms. The Hall–Kier alpha value is -2.65. The molecule has 1 aliphatic carbocycles. The summed E-state index contributed by atoms with van der Waals surface area (Å²) in [5.41, 5.74) is 5.30. The van der Waals surface area contributed by atoms with E-state index in [1.54, 1.807) is 0 Å². The Morgan fingerprint density at radius 2 is 1.69 bits per heavy atom. The number of thioether (sulfide) groups is 1. The highest BCUT2D eigenvalue weighted by Gasteiger charge is 2.27. The van der Waals surface area contributed by atoms with Gasteiger partial charge in [0, 0.05) is 30.0 Å². The smallest absolute Gasteiger partial charge is 0.332 e. The highest BCUT2D eigenvalue weighted by molar-refractivity contribution is 7.99. The number of benzene rings is 2. The molecule has 1 atom stereocenters. The predicted octanol–water partition coefficient (Wildman–Crippen LogP) is 8.33. The molecule has 7 nitrogen and oxygen atoms in total. The molecule has 1 aromatic heterocycles. The van der Waals surface area contributed by atoms with E-state index in [0.717, 1.165) is 68.7 Å². The van der Waals surface area contributed by atoms with Gasteiger partial charge in [-0.3, -0.25) is 4.68 Å². The zero-order valence-corrected chi connectivity index (χ0v) is 28.3. The highest BCUT2D eigenvalue weighted by atomic mass is 32.2. The quantitative estimate of drug-likeness (QED) is 0.106. The fraction of sp³-hybridized carbons (Fsp3) is 0.568. The van der Waals surface area contributed by atoms with Crippen molar-refractivity contribution in [1.29, 1.82) is 0 Å². The van der Waals surface area contributed by atoms with Gasteiger partial charge < -0.3 is 18.9 Å². The normalized spacial score (nSPS) is 20.7. The molecule has 45 heavy (non-hydrogen) atoms. The third kappa shape index (κ3) is 10.2. The third-order valence-corrected chi connectivity index (χ3v) is 9.51. The Morgan fingerprint density at radius 1 is 0.956 bits per heavy atom. The summed E-state index contributed by atoms with van der Waals surface area (Å²) in [5.74, 6) is 1.54. The molecule has 0 radical (unpaired) electrons. The lowest BCUT2D eigenvalue weighted by Gasteiger charge is -2.29. The maximum absolute atomic E-state index is 12.0. The SMILES string of the molecule is Cc1ccc(-c2nn(C[C@H]3CC[C@H](COCC(=O)OC(C)(C)C)CC3)c(SCCOC3CCCCO3)c2-c2ccccc2)cc1. The maximum atomic E-state index is 12.0. The average molecular weight is 635 g/mol. The first-order valence-electron chi connectivity index (χ1n) is 16.6. The van der Waals surface area contributed by atoms with Gasteiger partial charge in [0.15, 0.2) is 6.29 Å². The van der Waals surface area contributed by atoms with E-state index in [2.05, 4.69) is 66.2 Å². The Labute approximate surface area is 273 Å². The second kappa shape index (κ2) is 16.3. The van der Waals surface area contributed by atoms with Crippen LogP contribution in [0.15, 0.2) is 59.6 Å². The second-order valence-corrected chi connectivity index (χ2v) is 14.5. The van der Waals surface area contributed by atoms with Gasteiger partial charge in [0.05, 0.1) is 13.2 Å². The standard InChI is InChI=1S/C37H50N2O5S/c1-27-13-19-31(20-14-27)35-34(30-10-6-5-7-11-30)36(45-23-22-43-33-12-8-9-21-42-33)39(38-35)24-28-15-17-29(18-16-28)25-41-26-32(40)44-37(2,3)4/h5-7,10-11,13-14,19-20,28-29,33H,8-9,12,15-18,21-26H2,1-4H3/t28-,29-,33?. The van der Waals surface area contributed by atoms with Crippen LogP contribution < -0.4 is 0 Å². The number of hydrogen-bond acceptors (Lipinski definition) is 7. The van der Waals surface area contributed by atoms with Crippen LogP contribution in [0.5, 0.6) is 0 Å². The summed E-state index contributed by atoms with van der Waals surface area (Å²) in [7, 11) is 0. The number of carbonyl (C=O) groups excluding carboxylic acids is 1. The topological polar surface area (TPSA) is 71.8 Å². The second-order valence-electron chi connectivity index (χ2n) is 13.4. The third-order valence-electron chi connectivity index (χ3n) is 8.45. The van der Waals surface area contributed by atoms with Crippen LogP contribution >= 0.6 is 11.8 Å². The average Bonchev–Trinajstić information content (AvgIpc) is 3.38. The first-order valence-corrected chi connectivity index (χ1v) is 17.6. The lowest BCUT2D eigenvalue weighted by atomic mass is 9.82. The van der Waals surface area contributed by atoms with Crippen molar-refractivity contribution in [1.82, 2.24) is 9.78 Å². The van der Waals surface area contributed by atoms with Gasteiger partial charge in [-0.2, -0.15) is 5.10 Å². The van der Waals surface area contributed by atoms with Gasteiger partial charge in [-0.1, -0.05) is 60.2 Å². The molecule has 8 heteroatoms. The van der Waals surface area contributed by atoms with Crippen molar-refractivity contribution in [2.75, 3.05) is 32.2 Å². The molecule has 1 aliphatic heterocycles. The van der Waals surface area contributed by atoms with Crippen LogP contribution in [0, 0.1) is 18.8 Å². The number of nitrogens with zero attached hydrogens (tertiary/aromatic N) is 2. The van der Waals surface area contributed by atoms with Crippen molar-refractivity contribution in [2.45, 2.75) is 96.1 Å². The van der Waals surface area contributed by atoms with E-state index in [0.29, 0.717) is 25.0 Å². The number of carbonyl (C=O) groups is 1. The van der Waals surface area contributed by atoms with Gasteiger partial charge in [0.2, 0.25) is 0 Å². The molecule has 1 unspecified atom stereocenters. The van der Waals surface area contributed by atoms with Crippen molar-refractivity contribution in [3.8, 4) is 22.4 Å². The molecule has 2 aromatic carbocycles. The fourth-order valence-electron chi connectivity index (χ4n) is 6.16. The number of ether oxygens (including phenoxy) is 4. The number of rotatable bonds is 13. The Kier molecular flexibility index (Phi) is 12.2. The molecule has 0 amide bonds. The number of hydrogen-bond donors (Lipinski definition) is 0. The fourth-order valence-corrected chi connectivity index (χ4v) is 7.16. The minimum Gasteiger partial charge on any atom is -0.458 e. The van der Waals surface area contributed by atoms with E-state index >= 15 is 0 Å². The van der Waals surface area contributed by atoms with Gasteiger partial charge in [0.1, 0.15) is 22.9 Å². The number of aryl methyl sites for hydroxylation is 1. The Balaban J connectivity index is 1.29. The van der Waals surface area contributed by atoms with Crippen molar-refractivity contribution in [3.63, 3.8) is 0 Å². The van der Waals surface area contributed by atoms with Crippen LogP contribution in [-0.4, -0.2) is 59.8 Å². The van der Waals surface area contributed by atoms with Crippen LogP contribution in [0.2, 0.25) is 0 Å². The zero-order chi connectivity index (χ0) is 31.6. The first kappa shape index (κ1) is 33.7. The first-order chi connectivity index (χ1) is 21.7. The summed E-state index contributed by atoms with van der Waals surface area (Å²) in [6.45, 7) is 10.7. The molecule has 2 heterocycles. The van der Waals surface area contributed by atoms with Crippen LogP contribution in [0.25, 0.3) is 22.4 Å². The Morgan fingerprint density at radius 3 is 2.38 bits per heavy atom. The minimum absolute atomic E-state index is 0.0195. The van der Waals surface area contributed by atoms with Gasteiger partial charge in [-0.05, 0) is 90.0 Å². The van der Waals surface area contributed by atoms with E-state index in [1.807, 2.05) is 32.5 Å². The van der Waals surface area contributed by atoms with Crippen molar-refractivity contribution < 1.29 is 23.7 Å². The van der Waals surface area contributed by atoms with Crippen LogP contribution in [0.1, 0.15) is 71.3 Å². The zero-order valence-electron chi connectivity index (χ0n) is 27.5. The van der Waals surface area contributed by atoms with Gasteiger partial charge in [0.25, 0.3) is 0 Å².